The van der Waals surface area contributed by atoms with Gasteiger partial charge in [0.15, 0.2) is 0 Å². The monoisotopic (exact) mass is 223 g/mol. The molecular weight excluding hydrogens is 216 g/mol. The van der Waals surface area contributed by atoms with E-state index < -0.39 is 11.9 Å². The SMILES string of the molecule is CC(NO)c1c(Cl)ccc(F)c1Cl. The van der Waals surface area contributed by atoms with Gasteiger partial charge in [-0.1, -0.05) is 23.2 Å². The van der Waals surface area contributed by atoms with Crippen LogP contribution in [0.4, 0.5) is 4.39 Å². The summed E-state index contributed by atoms with van der Waals surface area (Å²) in [7, 11) is 0. The summed E-state index contributed by atoms with van der Waals surface area (Å²) in [6.45, 7) is 1.62. The molecule has 2 nitrogen and oxygen atoms in total. The molecule has 0 aromatic heterocycles. The minimum absolute atomic E-state index is 0.0680. The number of nitrogens with one attached hydrogen (secondary N) is 1. The van der Waals surface area contributed by atoms with Crippen molar-refractivity contribution in [1.29, 1.82) is 0 Å². The standard InChI is InChI=1S/C8H8Cl2FNO/c1-4(12-13)7-5(9)2-3-6(11)8(7)10/h2-4,12-13H,1H3. The number of hydrogen-bond acceptors (Lipinski definition) is 2. The molecule has 0 fully saturated rings. The number of hydroxylamine groups is 1. The molecule has 13 heavy (non-hydrogen) atoms. The number of benzene rings is 1. The lowest BCUT2D eigenvalue weighted by molar-refractivity contribution is 0.133. The van der Waals surface area contributed by atoms with Crippen LogP contribution in [0, 0.1) is 5.82 Å². The normalized spacial score (nSPS) is 13.0. The summed E-state index contributed by atoms with van der Waals surface area (Å²) >= 11 is 11.4. The second kappa shape index (κ2) is 4.24. The van der Waals surface area contributed by atoms with Crippen LogP contribution in [0.3, 0.4) is 0 Å². The van der Waals surface area contributed by atoms with Gasteiger partial charge in [0.1, 0.15) is 5.82 Å². The van der Waals surface area contributed by atoms with E-state index in [4.69, 9.17) is 28.4 Å². The van der Waals surface area contributed by atoms with Crippen molar-refractivity contribution >= 4 is 23.2 Å². The molecule has 72 valence electrons. The molecule has 2 N–H and O–H groups in total. The zero-order valence-corrected chi connectivity index (χ0v) is 8.33. The fraction of sp³-hybridized carbons (Fsp3) is 0.250. The largest absolute Gasteiger partial charge is 0.316 e. The van der Waals surface area contributed by atoms with Crippen LogP contribution in [0.5, 0.6) is 0 Å². The first-order chi connectivity index (χ1) is 6.07. The molecule has 0 aliphatic carbocycles. The molecule has 1 aromatic carbocycles. The van der Waals surface area contributed by atoms with Crippen LogP contribution >= 0.6 is 23.2 Å². The van der Waals surface area contributed by atoms with Gasteiger partial charge in [-0.3, -0.25) is 0 Å². The van der Waals surface area contributed by atoms with Crippen molar-refractivity contribution < 1.29 is 9.60 Å². The first kappa shape index (κ1) is 10.7. The van der Waals surface area contributed by atoms with E-state index in [0.29, 0.717) is 10.6 Å². The van der Waals surface area contributed by atoms with Gasteiger partial charge in [-0.25, -0.2) is 4.39 Å². The highest BCUT2D eigenvalue weighted by atomic mass is 35.5. The third-order valence-corrected chi connectivity index (χ3v) is 2.42. The van der Waals surface area contributed by atoms with Gasteiger partial charge >= 0.3 is 0 Å². The Hall–Kier alpha value is -0.350. The number of hydrogen-bond donors (Lipinski definition) is 2. The van der Waals surface area contributed by atoms with Crippen LogP contribution in [0.15, 0.2) is 12.1 Å². The fourth-order valence-corrected chi connectivity index (χ4v) is 1.70. The van der Waals surface area contributed by atoms with E-state index in [0.717, 1.165) is 0 Å². The predicted octanol–water partition coefficient (Wildman–Crippen LogP) is 3.17. The smallest absolute Gasteiger partial charge is 0.142 e. The highest BCUT2D eigenvalue weighted by Gasteiger charge is 2.15. The second-order valence-corrected chi connectivity index (χ2v) is 3.39. The van der Waals surface area contributed by atoms with Gasteiger partial charge in [0, 0.05) is 10.6 Å². The second-order valence-electron chi connectivity index (χ2n) is 2.61. The summed E-state index contributed by atoms with van der Waals surface area (Å²) in [6.07, 6.45) is 0. The molecule has 0 heterocycles. The highest BCUT2D eigenvalue weighted by molar-refractivity contribution is 6.36. The molecule has 0 bridgehead atoms. The highest BCUT2D eigenvalue weighted by Crippen LogP contribution is 2.31. The topological polar surface area (TPSA) is 32.3 Å². The van der Waals surface area contributed by atoms with E-state index in [9.17, 15) is 4.39 Å². The molecule has 1 aromatic rings. The zero-order chi connectivity index (χ0) is 10.0. The lowest BCUT2D eigenvalue weighted by Gasteiger charge is -2.13. The van der Waals surface area contributed by atoms with Crippen LogP contribution < -0.4 is 5.48 Å². The molecule has 5 heteroatoms. The average molecular weight is 224 g/mol. The summed E-state index contributed by atoms with van der Waals surface area (Å²) in [5.74, 6) is -0.553. The van der Waals surface area contributed by atoms with E-state index in [1.165, 1.54) is 12.1 Å². The Kier molecular flexibility index (Phi) is 3.50. The third kappa shape index (κ3) is 2.11. The summed E-state index contributed by atoms with van der Waals surface area (Å²) in [5.41, 5.74) is 2.31. The molecular formula is C8H8Cl2FNO. The molecule has 0 aliphatic rings. The molecule has 0 amide bonds. The van der Waals surface area contributed by atoms with E-state index in [2.05, 4.69) is 0 Å². The molecule has 0 aliphatic heterocycles. The fourth-order valence-electron chi connectivity index (χ4n) is 1.00. The third-order valence-electron chi connectivity index (χ3n) is 1.71. The molecule has 1 atom stereocenters. The van der Waals surface area contributed by atoms with E-state index in [1.54, 1.807) is 6.92 Å². The molecule has 0 radical (unpaired) electrons. The maximum Gasteiger partial charge on any atom is 0.142 e. The van der Waals surface area contributed by atoms with E-state index in [-0.39, 0.29) is 5.02 Å². The Morgan fingerprint density at radius 3 is 2.62 bits per heavy atom. The predicted molar refractivity (Wildman–Crippen MR) is 49.8 cm³/mol. The Balaban J connectivity index is 3.25. The molecule has 0 saturated heterocycles. The molecule has 0 spiro atoms. The Morgan fingerprint density at radius 1 is 1.46 bits per heavy atom. The zero-order valence-electron chi connectivity index (χ0n) is 6.81. The summed E-state index contributed by atoms with van der Waals surface area (Å²) in [6, 6.07) is 2.07. The first-order valence-corrected chi connectivity index (χ1v) is 4.36. The van der Waals surface area contributed by atoms with Crippen LogP contribution in [-0.4, -0.2) is 5.21 Å². The van der Waals surface area contributed by atoms with Crippen molar-refractivity contribution in [3.8, 4) is 0 Å². The number of halogens is 3. The van der Waals surface area contributed by atoms with Gasteiger partial charge in [-0.15, -0.1) is 0 Å². The maximum atomic E-state index is 13.0. The van der Waals surface area contributed by atoms with Gasteiger partial charge in [0.05, 0.1) is 11.1 Å². The molecule has 0 saturated carbocycles. The van der Waals surface area contributed by atoms with Crippen molar-refractivity contribution in [2.75, 3.05) is 0 Å². The average Bonchev–Trinajstić information content (AvgIpc) is 2.12. The number of rotatable bonds is 2. The van der Waals surface area contributed by atoms with Crippen molar-refractivity contribution in [3.05, 3.63) is 33.6 Å². The van der Waals surface area contributed by atoms with Crippen LogP contribution in [0.25, 0.3) is 0 Å². The van der Waals surface area contributed by atoms with Crippen molar-refractivity contribution in [3.63, 3.8) is 0 Å². The molecule has 1 unspecified atom stereocenters. The Labute approximate surface area is 85.2 Å². The minimum atomic E-state index is -0.553. The quantitative estimate of drug-likeness (QED) is 0.597. The van der Waals surface area contributed by atoms with Crippen molar-refractivity contribution in [2.45, 2.75) is 13.0 Å². The van der Waals surface area contributed by atoms with Gasteiger partial charge in [-0.2, -0.15) is 5.48 Å². The maximum absolute atomic E-state index is 13.0. The summed E-state index contributed by atoms with van der Waals surface area (Å²) < 4.78 is 13.0. The van der Waals surface area contributed by atoms with Crippen molar-refractivity contribution in [1.82, 2.24) is 5.48 Å². The van der Waals surface area contributed by atoms with Gasteiger partial charge in [0.2, 0.25) is 0 Å². The van der Waals surface area contributed by atoms with Crippen LogP contribution in [0.2, 0.25) is 10.0 Å². The van der Waals surface area contributed by atoms with Gasteiger partial charge < -0.3 is 5.21 Å². The summed E-state index contributed by atoms with van der Waals surface area (Å²) in [5, 5.41) is 8.89. The lowest BCUT2D eigenvalue weighted by atomic mass is 10.1. The first-order valence-electron chi connectivity index (χ1n) is 3.61. The van der Waals surface area contributed by atoms with E-state index >= 15 is 0 Å². The van der Waals surface area contributed by atoms with Gasteiger partial charge in [0.25, 0.3) is 0 Å². The van der Waals surface area contributed by atoms with Crippen LogP contribution in [0.1, 0.15) is 18.5 Å². The Morgan fingerprint density at radius 2 is 2.08 bits per heavy atom. The lowest BCUT2D eigenvalue weighted by Crippen LogP contribution is -2.14. The van der Waals surface area contributed by atoms with Crippen LogP contribution in [-0.2, 0) is 0 Å². The minimum Gasteiger partial charge on any atom is -0.316 e. The Bertz CT molecular complexity index is 319. The van der Waals surface area contributed by atoms with Crippen molar-refractivity contribution in [2.24, 2.45) is 0 Å². The van der Waals surface area contributed by atoms with E-state index in [1.807, 2.05) is 5.48 Å². The molecule has 1 rings (SSSR count). The summed E-state index contributed by atoms with van der Waals surface area (Å²) in [4.78, 5) is 0. The van der Waals surface area contributed by atoms with Gasteiger partial charge in [-0.05, 0) is 19.1 Å².